The molecule has 0 aliphatic carbocycles. The fourth-order valence-corrected chi connectivity index (χ4v) is 1.67. The molecule has 66 valence electrons. The average molecular weight is 156 g/mol. The van der Waals surface area contributed by atoms with Crippen molar-refractivity contribution in [2.24, 2.45) is 5.92 Å². The van der Waals surface area contributed by atoms with Crippen LogP contribution in [0, 0.1) is 5.92 Å². The fourth-order valence-electron chi connectivity index (χ4n) is 1.67. The van der Waals surface area contributed by atoms with Crippen molar-refractivity contribution in [3.8, 4) is 0 Å². The minimum Gasteiger partial charge on any atom is -0.318 e. The first kappa shape index (κ1) is 9.01. The van der Waals surface area contributed by atoms with Crippen LogP contribution in [0.5, 0.6) is 0 Å². The minimum absolute atomic E-state index is 0.758. The first-order valence-corrected chi connectivity index (χ1v) is 4.64. The third-order valence-corrected chi connectivity index (χ3v) is 2.54. The van der Waals surface area contributed by atoms with E-state index in [2.05, 4.69) is 24.1 Å². The van der Waals surface area contributed by atoms with Gasteiger partial charge >= 0.3 is 0 Å². The Labute approximate surface area is 70.0 Å². The zero-order valence-electron chi connectivity index (χ0n) is 7.93. The van der Waals surface area contributed by atoms with Crippen molar-refractivity contribution in [2.75, 3.05) is 26.7 Å². The maximum absolute atomic E-state index is 3.26. The molecule has 0 bridgehead atoms. The van der Waals surface area contributed by atoms with Crippen LogP contribution in [0.4, 0.5) is 0 Å². The second-order valence-corrected chi connectivity index (χ2v) is 3.76. The van der Waals surface area contributed by atoms with Gasteiger partial charge in [-0.2, -0.15) is 0 Å². The van der Waals surface area contributed by atoms with Gasteiger partial charge in [-0.25, -0.2) is 0 Å². The lowest BCUT2D eigenvalue weighted by Gasteiger charge is -2.40. The van der Waals surface area contributed by atoms with E-state index in [-0.39, 0.29) is 0 Å². The summed E-state index contributed by atoms with van der Waals surface area (Å²) >= 11 is 0. The highest BCUT2D eigenvalue weighted by atomic mass is 15.2. The van der Waals surface area contributed by atoms with Crippen LogP contribution >= 0.6 is 0 Å². The van der Waals surface area contributed by atoms with E-state index >= 15 is 0 Å². The quantitative estimate of drug-likeness (QED) is 0.651. The van der Waals surface area contributed by atoms with E-state index in [0.717, 1.165) is 18.5 Å². The largest absolute Gasteiger partial charge is 0.318 e. The van der Waals surface area contributed by atoms with Gasteiger partial charge < -0.3 is 5.32 Å². The Morgan fingerprint density at radius 1 is 1.36 bits per heavy atom. The van der Waals surface area contributed by atoms with Crippen molar-refractivity contribution in [1.82, 2.24) is 10.2 Å². The van der Waals surface area contributed by atoms with Gasteiger partial charge in [0.1, 0.15) is 0 Å². The molecule has 1 aliphatic heterocycles. The van der Waals surface area contributed by atoms with Gasteiger partial charge in [-0.05, 0) is 32.5 Å². The molecule has 0 saturated carbocycles. The standard InChI is InChI=1S/C9H20N2/c1-8(2)9(7-10-3)11-5-4-6-11/h8-10H,4-7H2,1-3H3. The van der Waals surface area contributed by atoms with Gasteiger partial charge in [0, 0.05) is 12.6 Å². The molecule has 1 fully saturated rings. The summed E-state index contributed by atoms with van der Waals surface area (Å²) in [6.45, 7) is 8.37. The molecule has 1 unspecified atom stereocenters. The molecule has 1 atom stereocenters. The van der Waals surface area contributed by atoms with Crippen LogP contribution in [0.15, 0.2) is 0 Å². The first-order chi connectivity index (χ1) is 5.25. The van der Waals surface area contributed by atoms with Gasteiger partial charge in [0.2, 0.25) is 0 Å². The fraction of sp³-hybridized carbons (Fsp3) is 1.00. The first-order valence-electron chi connectivity index (χ1n) is 4.64. The zero-order valence-corrected chi connectivity index (χ0v) is 7.93. The predicted octanol–water partition coefficient (Wildman–Crippen LogP) is 0.936. The molecule has 1 aliphatic rings. The second-order valence-electron chi connectivity index (χ2n) is 3.76. The molecule has 2 nitrogen and oxygen atoms in total. The summed E-state index contributed by atoms with van der Waals surface area (Å²) in [6.07, 6.45) is 1.40. The zero-order chi connectivity index (χ0) is 8.27. The molecule has 0 aromatic carbocycles. The SMILES string of the molecule is CNCC(C(C)C)N1CCC1. The molecule has 0 aromatic heterocycles. The number of hydrogen-bond donors (Lipinski definition) is 1. The van der Waals surface area contributed by atoms with Crippen LogP contribution in [-0.2, 0) is 0 Å². The summed E-state index contributed by atoms with van der Waals surface area (Å²) in [5.74, 6) is 0.780. The van der Waals surface area contributed by atoms with E-state index in [9.17, 15) is 0 Å². The van der Waals surface area contributed by atoms with Crippen molar-refractivity contribution in [3.05, 3.63) is 0 Å². The summed E-state index contributed by atoms with van der Waals surface area (Å²) < 4.78 is 0. The molecule has 2 heteroatoms. The lowest BCUT2D eigenvalue weighted by atomic mass is 9.99. The van der Waals surface area contributed by atoms with E-state index in [4.69, 9.17) is 0 Å². The summed E-state index contributed by atoms with van der Waals surface area (Å²) in [6, 6.07) is 0.758. The molecule has 0 radical (unpaired) electrons. The molecule has 1 saturated heterocycles. The maximum Gasteiger partial charge on any atom is 0.0243 e. The highest BCUT2D eigenvalue weighted by Gasteiger charge is 2.25. The summed E-state index contributed by atoms with van der Waals surface area (Å²) in [5, 5.41) is 3.26. The molecule has 1 N–H and O–H groups in total. The van der Waals surface area contributed by atoms with Gasteiger partial charge in [-0.3, -0.25) is 4.90 Å². The van der Waals surface area contributed by atoms with Crippen LogP contribution in [0.25, 0.3) is 0 Å². The Morgan fingerprint density at radius 3 is 2.27 bits per heavy atom. The maximum atomic E-state index is 3.26. The lowest BCUT2D eigenvalue weighted by molar-refractivity contribution is 0.0881. The van der Waals surface area contributed by atoms with E-state index in [1.165, 1.54) is 19.5 Å². The third kappa shape index (κ3) is 2.17. The predicted molar refractivity (Wildman–Crippen MR) is 48.7 cm³/mol. The molecule has 1 rings (SSSR count). The Kier molecular flexibility index (Phi) is 3.34. The number of nitrogens with zero attached hydrogens (tertiary/aromatic N) is 1. The van der Waals surface area contributed by atoms with Gasteiger partial charge in [0.25, 0.3) is 0 Å². The Morgan fingerprint density at radius 2 is 2.00 bits per heavy atom. The third-order valence-electron chi connectivity index (χ3n) is 2.54. The van der Waals surface area contributed by atoms with Crippen molar-refractivity contribution in [1.29, 1.82) is 0 Å². The molecule has 0 spiro atoms. The number of hydrogen-bond acceptors (Lipinski definition) is 2. The van der Waals surface area contributed by atoms with Crippen molar-refractivity contribution >= 4 is 0 Å². The number of likely N-dealkylation sites (tertiary alicyclic amines) is 1. The van der Waals surface area contributed by atoms with Crippen molar-refractivity contribution in [3.63, 3.8) is 0 Å². The summed E-state index contributed by atoms with van der Waals surface area (Å²) in [4.78, 5) is 2.57. The van der Waals surface area contributed by atoms with Crippen LogP contribution in [0.3, 0.4) is 0 Å². The van der Waals surface area contributed by atoms with E-state index < -0.39 is 0 Å². The number of likely N-dealkylation sites (N-methyl/N-ethyl adjacent to an activating group) is 1. The van der Waals surface area contributed by atoms with Crippen LogP contribution < -0.4 is 5.32 Å². The monoisotopic (exact) mass is 156 g/mol. The second kappa shape index (κ2) is 4.07. The molecular formula is C9H20N2. The van der Waals surface area contributed by atoms with E-state index in [0.29, 0.717) is 0 Å². The summed E-state index contributed by atoms with van der Waals surface area (Å²) in [7, 11) is 2.04. The van der Waals surface area contributed by atoms with Gasteiger partial charge in [-0.15, -0.1) is 0 Å². The minimum atomic E-state index is 0.758. The van der Waals surface area contributed by atoms with E-state index in [1.807, 2.05) is 7.05 Å². The van der Waals surface area contributed by atoms with Crippen LogP contribution in [-0.4, -0.2) is 37.6 Å². The van der Waals surface area contributed by atoms with Gasteiger partial charge in [0.05, 0.1) is 0 Å². The Bertz CT molecular complexity index is 108. The van der Waals surface area contributed by atoms with Gasteiger partial charge in [-0.1, -0.05) is 13.8 Å². The topological polar surface area (TPSA) is 15.3 Å². The van der Waals surface area contributed by atoms with Crippen molar-refractivity contribution < 1.29 is 0 Å². The van der Waals surface area contributed by atoms with E-state index in [1.54, 1.807) is 0 Å². The smallest absolute Gasteiger partial charge is 0.0243 e. The van der Waals surface area contributed by atoms with Crippen molar-refractivity contribution in [2.45, 2.75) is 26.3 Å². The average Bonchev–Trinajstić information content (AvgIpc) is 1.82. The highest BCUT2D eigenvalue weighted by Crippen LogP contribution is 2.16. The Balaban J connectivity index is 2.31. The number of nitrogens with one attached hydrogen (secondary N) is 1. The molecule has 0 amide bonds. The van der Waals surface area contributed by atoms with Gasteiger partial charge in [0.15, 0.2) is 0 Å². The normalized spacial score (nSPS) is 21.8. The lowest BCUT2D eigenvalue weighted by Crippen LogP contribution is -2.51. The van der Waals surface area contributed by atoms with Crippen LogP contribution in [0.1, 0.15) is 20.3 Å². The molecular weight excluding hydrogens is 136 g/mol. The molecule has 1 heterocycles. The Hall–Kier alpha value is -0.0800. The van der Waals surface area contributed by atoms with Crippen LogP contribution in [0.2, 0.25) is 0 Å². The molecule has 0 aromatic rings. The molecule has 11 heavy (non-hydrogen) atoms. The summed E-state index contributed by atoms with van der Waals surface area (Å²) in [5.41, 5.74) is 0. The highest BCUT2D eigenvalue weighted by molar-refractivity contribution is 4.81. The number of rotatable bonds is 4.